The monoisotopic (exact) mass is 233 g/mol. The minimum absolute atomic E-state index is 0. The summed E-state index contributed by atoms with van der Waals surface area (Å²) < 4.78 is 0. The van der Waals surface area contributed by atoms with Gasteiger partial charge < -0.3 is 5.73 Å². The first-order chi connectivity index (χ1) is 7.38. The van der Waals surface area contributed by atoms with Gasteiger partial charge >= 0.3 is 0 Å². The molecule has 0 amide bonds. The third-order valence-corrected chi connectivity index (χ3v) is 3.43. The van der Waals surface area contributed by atoms with Crippen molar-refractivity contribution in [3.05, 3.63) is 48.0 Å². The van der Waals surface area contributed by atoms with E-state index in [0.717, 1.165) is 18.4 Å². The van der Waals surface area contributed by atoms with Crippen LogP contribution >= 0.6 is 12.4 Å². The molecule has 0 radical (unpaired) electrons. The Hall–Kier alpha value is -1.05. The van der Waals surface area contributed by atoms with Crippen LogP contribution in [-0.2, 0) is 0 Å². The van der Waals surface area contributed by atoms with E-state index in [0.29, 0.717) is 0 Å². The van der Waals surface area contributed by atoms with E-state index in [4.69, 9.17) is 5.73 Å². The van der Waals surface area contributed by atoms with Gasteiger partial charge in [-0.3, -0.25) is 0 Å². The predicted octanol–water partition coefficient (Wildman–Crippen LogP) is 3.32. The van der Waals surface area contributed by atoms with E-state index < -0.39 is 0 Å². The van der Waals surface area contributed by atoms with E-state index >= 15 is 0 Å². The lowest BCUT2D eigenvalue weighted by Gasteiger charge is -2.02. The highest BCUT2D eigenvalue weighted by atomic mass is 35.5. The highest BCUT2D eigenvalue weighted by Gasteiger charge is 2.36. The largest absolute Gasteiger partial charge is 0.330 e. The second kappa shape index (κ2) is 4.44. The van der Waals surface area contributed by atoms with Crippen molar-refractivity contribution >= 4 is 23.2 Å². The van der Waals surface area contributed by atoms with Crippen LogP contribution in [0.1, 0.15) is 17.9 Å². The first kappa shape index (κ1) is 11.4. The summed E-state index contributed by atoms with van der Waals surface area (Å²) in [6.07, 6.45) is 1.27. The average Bonchev–Trinajstić information content (AvgIpc) is 3.08. The van der Waals surface area contributed by atoms with Crippen molar-refractivity contribution in [2.24, 2.45) is 11.7 Å². The number of rotatable bonds is 2. The molecule has 0 saturated heterocycles. The molecule has 16 heavy (non-hydrogen) atoms. The Balaban J connectivity index is 0.000000963. The molecule has 0 aliphatic heterocycles. The summed E-state index contributed by atoms with van der Waals surface area (Å²) in [4.78, 5) is 0. The molecule has 2 unspecified atom stereocenters. The molecule has 0 heterocycles. The van der Waals surface area contributed by atoms with Crippen LogP contribution in [0, 0.1) is 5.92 Å². The van der Waals surface area contributed by atoms with Crippen LogP contribution in [0.5, 0.6) is 0 Å². The van der Waals surface area contributed by atoms with Gasteiger partial charge in [0.15, 0.2) is 0 Å². The lowest BCUT2D eigenvalue weighted by Crippen LogP contribution is -2.01. The first-order valence-corrected chi connectivity index (χ1v) is 5.57. The lowest BCUT2D eigenvalue weighted by molar-refractivity contribution is 0.810. The number of nitrogens with two attached hydrogens (primary N) is 1. The van der Waals surface area contributed by atoms with Gasteiger partial charge in [-0.15, -0.1) is 12.4 Å². The van der Waals surface area contributed by atoms with Crippen LogP contribution in [0.2, 0.25) is 0 Å². The van der Waals surface area contributed by atoms with Crippen molar-refractivity contribution in [2.75, 3.05) is 6.54 Å². The predicted molar refractivity (Wildman–Crippen MR) is 71.1 cm³/mol. The molecule has 1 aliphatic rings. The molecule has 2 aromatic carbocycles. The van der Waals surface area contributed by atoms with Crippen molar-refractivity contribution in [3.63, 3.8) is 0 Å². The third kappa shape index (κ3) is 1.93. The fraction of sp³-hybridized carbons (Fsp3) is 0.286. The van der Waals surface area contributed by atoms with Gasteiger partial charge in [-0.2, -0.15) is 0 Å². The summed E-state index contributed by atoms with van der Waals surface area (Å²) in [6.45, 7) is 0.831. The molecule has 1 nitrogen and oxygen atoms in total. The van der Waals surface area contributed by atoms with Crippen LogP contribution in [-0.4, -0.2) is 6.54 Å². The minimum atomic E-state index is 0. The van der Waals surface area contributed by atoms with Crippen LogP contribution in [0.4, 0.5) is 0 Å². The molecular formula is C14H16ClN. The van der Waals surface area contributed by atoms with Crippen LogP contribution in [0.25, 0.3) is 10.8 Å². The van der Waals surface area contributed by atoms with Gasteiger partial charge in [0.05, 0.1) is 0 Å². The highest BCUT2D eigenvalue weighted by molar-refractivity contribution is 5.85. The zero-order chi connectivity index (χ0) is 10.3. The summed E-state index contributed by atoms with van der Waals surface area (Å²) in [5, 5.41) is 2.67. The summed E-state index contributed by atoms with van der Waals surface area (Å²) in [6, 6.07) is 15.3. The van der Waals surface area contributed by atoms with E-state index in [1.165, 1.54) is 22.8 Å². The van der Waals surface area contributed by atoms with Gasteiger partial charge in [0, 0.05) is 0 Å². The normalized spacial score (nSPS) is 22.8. The Labute approximate surface area is 102 Å². The molecule has 2 heteroatoms. The molecule has 2 atom stereocenters. The van der Waals surface area contributed by atoms with Gasteiger partial charge in [0.2, 0.25) is 0 Å². The maximum atomic E-state index is 5.67. The van der Waals surface area contributed by atoms with Crippen LogP contribution in [0.3, 0.4) is 0 Å². The second-order valence-electron chi connectivity index (χ2n) is 4.44. The molecule has 0 aromatic heterocycles. The minimum Gasteiger partial charge on any atom is -0.330 e. The maximum Gasteiger partial charge on any atom is -0.00428 e. The smallest absolute Gasteiger partial charge is 0.00428 e. The van der Waals surface area contributed by atoms with E-state index in [2.05, 4.69) is 42.5 Å². The zero-order valence-electron chi connectivity index (χ0n) is 9.10. The number of fused-ring (bicyclic) bond motifs is 1. The molecule has 1 aliphatic carbocycles. The molecule has 2 N–H and O–H groups in total. The Morgan fingerprint density at radius 2 is 1.81 bits per heavy atom. The lowest BCUT2D eigenvalue weighted by atomic mass is 10.0. The Kier molecular flexibility index (Phi) is 3.17. The van der Waals surface area contributed by atoms with E-state index in [9.17, 15) is 0 Å². The summed E-state index contributed by atoms with van der Waals surface area (Å²) >= 11 is 0. The molecule has 84 valence electrons. The summed E-state index contributed by atoms with van der Waals surface area (Å²) in [5.41, 5.74) is 7.14. The Bertz CT molecular complexity index is 495. The molecule has 3 rings (SSSR count). The fourth-order valence-corrected chi connectivity index (χ4v) is 2.35. The molecule has 2 aromatic rings. The van der Waals surface area contributed by atoms with E-state index in [-0.39, 0.29) is 12.4 Å². The molecular weight excluding hydrogens is 218 g/mol. The van der Waals surface area contributed by atoms with E-state index in [1.54, 1.807) is 0 Å². The zero-order valence-corrected chi connectivity index (χ0v) is 9.91. The highest BCUT2D eigenvalue weighted by Crippen LogP contribution is 2.47. The second-order valence-corrected chi connectivity index (χ2v) is 4.44. The van der Waals surface area contributed by atoms with Crippen LogP contribution in [0.15, 0.2) is 42.5 Å². The number of benzene rings is 2. The average molecular weight is 234 g/mol. The van der Waals surface area contributed by atoms with Crippen LogP contribution < -0.4 is 5.73 Å². The van der Waals surface area contributed by atoms with Gasteiger partial charge in [-0.25, -0.2) is 0 Å². The van der Waals surface area contributed by atoms with Gasteiger partial charge in [-0.05, 0) is 41.1 Å². The number of hydrogen-bond donors (Lipinski definition) is 1. The third-order valence-electron chi connectivity index (χ3n) is 3.43. The van der Waals surface area contributed by atoms with Crippen molar-refractivity contribution in [1.82, 2.24) is 0 Å². The number of hydrogen-bond acceptors (Lipinski definition) is 1. The molecule has 1 fully saturated rings. The quantitative estimate of drug-likeness (QED) is 0.846. The molecule has 0 bridgehead atoms. The van der Waals surface area contributed by atoms with Gasteiger partial charge in [0.25, 0.3) is 0 Å². The maximum absolute atomic E-state index is 5.67. The van der Waals surface area contributed by atoms with Crippen molar-refractivity contribution in [3.8, 4) is 0 Å². The SMILES string of the molecule is Cl.NCC1CC1c1ccc2ccccc2c1. The Morgan fingerprint density at radius 1 is 1.06 bits per heavy atom. The standard InChI is InChI=1S/C14H15N.ClH/c15-9-13-8-14(13)12-6-5-10-3-1-2-4-11(10)7-12;/h1-7,13-14H,8-9,15H2;1H. The van der Waals surface area contributed by atoms with Gasteiger partial charge in [-0.1, -0.05) is 42.5 Å². The molecule has 0 spiro atoms. The first-order valence-electron chi connectivity index (χ1n) is 5.57. The van der Waals surface area contributed by atoms with Crippen molar-refractivity contribution < 1.29 is 0 Å². The number of halogens is 1. The fourth-order valence-electron chi connectivity index (χ4n) is 2.35. The summed E-state index contributed by atoms with van der Waals surface area (Å²) in [5.74, 6) is 1.45. The Morgan fingerprint density at radius 3 is 2.50 bits per heavy atom. The van der Waals surface area contributed by atoms with Gasteiger partial charge in [0.1, 0.15) is 0 Å². The molecule has 1 saturated carbocycles. The summed E-state index contributed by atoms with van der Waals surface area (Å²) in [7, 11) is 0. The van der Waals surface area contributed by atoms with Crippen molar-refractivity contribution in [2.45, 2.75) is 12.3 Å². The van der Waals surface area contributed by atoms with Crippen molar-refractivity contribution in [1.29, 1.82) is 0 Å². The van der Waals surface area contributed by atoms with E-state index in [1.807, 2.05) is 0 Å². The topological polar surface area (TPSA) is 26.0 Å².